The molecule has 0 saturated heterocycles. The van der Waals surface area contributed by atoms with Gasteiger partial charge in [0.25, 0.3) is 0 Å². The molecule has 0 atom stereocenters. The molecule has 17 heavy (non-hydrogen) atoms. The fraction of sp³-hybridized carbons (Fsp3) is 0.462. The topological polar surface area (TPSA) is 69.1 Å². The van der Waals surface area contributed by atoms with E-state index in [1.54, 1.807) is 0 Å². The first-order chi connectivity index (χ1) is 7.83. The lowest BCUT2D eigenvalue weighted by molar-refractivity contribution is -0.118. The Morgan fingerprint density at radius 2 is 2.06 bits per heavy atom. The van der Waals surface area contributed by atoms with Crippen molar-refractivity contribution < 1.29 is 4.79 Å². The summed E-state index contributed by atoms with van der Waals surface area (Å²) >= 11 is 3.53. The molecule has 0 aliphatic heterocycles. The van der Waals surface area contributed by atoms with Crippen LogP contribution in [-0.2, 0) is 10.2 Å². The maximum atomic E-state index is 10.7. The fourth-order valence-corrected chi connectivity index (χ4v) is 2.85. The summed E-state index contributed by atoms with van der Waals surface area (Å²) in [6.45, 7) is 4.31. The predicted molar refractivity (Wildman–Crippen MR) is 74.6 cm³/mol. The van der Waals surface area contributed by atoms with Gasteiger partial charge in [0, 0.05) is 16.6 Å². The molecule has 0 aromatic heterocycles. The number of benzene rings is 1. The van der Waals surface area contributed by atoms with Crippen molar-refractivity contribution in [1.29, 1.82) is 0 Å². The van der Waals surface area contributed by atoms with Crippen LogP contribution in [0, 0.1) is 0 Å². The van der Waals surface area contributed by atoms with E-state index >= 15 is 0 Å². The molecule has 4 heteroatoms. The number of amides is 1. The standard InChI is InChI=1S/C13H19BrN2O/c1-13(2,7-3-4-12(16)17)10-6-5-9(15)8-11(10)14/h5-6,8H,3-4,7,15H2,1-2H3,(H2,16,17). The van der Waals surface area contributed by atoms with E-state index in [0.717, 1.165) is 23.0 Å². The second-order valence-electron chi connectivity index (χ2n) is 4.94. The number of anilines is 1. The van der Waals surface area contributed by atoms with Crippen LogP contribution in [0.3, 0.4) is 0 Å². The van der Waals surface area contributed by atoms with Crippen LogP contribution in [0.4, 0.5) is 5.69 Å². The Bertz CT molecular complexity index is 416. The SMILES string of the molecule is CC(C)(CCCC(N)=O)c1ccc(N)cc1Br. The van der Waals surface area contributed by atoms with Gasteiger partial charge < -0.3 is 11.5 Å². The van der Waals surface area contributed by atoms with E-state index in [0.29, 0.717) is 6.42 Å². The Labute approximate surface area is 111 Å². The molecule has 0 radical (unpaired) electrons. The van der Waals surface area contributed by atoms with Crippen LogP contribution in [0.2, 0.25) is 0 Å². The Kier molecular flexibility index (Phi) is 4.57. The Balaban J connectivity index is 2.78. The molecule has 0 fully saturated rings. The molecule has 1 rings (SSSR count). The monoisotopic (exact) mass is 298 g/mol. The lowest BCUT2D eigenvalue weighted by atomic mass is 9.80. The Morgan fingerprint density at radius 1 is 1.41 bits per heavy atom. The minimum Gasteiger partial charge on any atom is -0.399 e. The molecule has 0 aliphatic rings. The van der Waals surface area contributed by atoms with Crippen molar-refractivity contribution in [3.8, 4) is 0 Å². The maximum absolute atomic E-state index is 10.7. The first kappa shape index (κ1) is 14.0. The lowest BCUT2D eigenvalue weighted by Crippen LogP contribution is -2.19. The Hall–Kier alpha value is -1.03. The van der Waals surface area contributed by atoms with Crippen molar-refractivity contribution in [1.82, 2.24) is 0 Å². The molecule has 1 aromatic carbocycles. The third kappa shape index (κ3) is 4.04. The number of primary amides is 1. The summed E-state index contributed by atoms with van der Waals surface area (Å²) in [7, 11) is 0. The highest BCUT2D eigenvalue weighted by molar-refractivity contribution is 9.10. The number of hydrogen-bond donors (Lipinski definition) is 2. The molecule has 0 spiro atoms. The van der Waals surface area contributed by atoms with E-state index in [-0.39, 0.29) is 11.3 Å². The van der Waals surface area contributed by atoms with Gasteiger partial charge in [-0.3, -0.25) is 4.79 Å². The summed E-state index contributed by atoms with van der Waals surface area (Å²) in [5, 5.41) is 0. The fourth-order valence-electron chi connectivity index (χ4n) is 1.92. The minimum absolute atomic E-state index is 0.00197. The highest BCUT2D eigenvalue weighted by atomic mass is 79.9. The number of nitrogen functional groups attached to an aromatic ring is 1. The van der Waals surface area contributed by atoms with E-state index in [1.807, 2.05) is 18.2 Å². The highest BCUT2D eigenvalue weighted by Crippen LogP contribution is 2.35. The molecule has 0 bridgehead atoms. The number of hydrogen-bond acceptors (Lipinski definition) is 2. The summed E-state index contributed by atoms with van der Waals surface area (Å²) in [6, 6.07) is 5.84. The van der Waals surface area contributed by atoms with Crippen LogP contribution in [0.1, 0.15) is 38.7 Å². The summed E-state index contributed by atoms with van der Waals surface area (Å²) in [6.07, 6.45) is 2.16. The predicted octanol–water partition coefficient (Wildman–Crippen LogP) is 2.96. The number of halogens is 1. The maximum Gasteiger partial charge on any atom is 0.217 e. The van der Waals surface area contributed by atoms with Crippen molar-refractivity contribution in [3.05, 3.63) is 28.2 Å². The van der Waals surface area contributed by atoms with Gasteiger partial charge in [-0.2, -0.15) is 0 Å². The highest BCUT2D eigenvalue weighted by Gasteiger charge is 2.22. The largest absolute Gasteiger partial charge is 0.399 e. The summed E-state index contributed by atoms with van der Waals surface area (Å²) in [5.41, 5.74) is 12.8. The minimum atomic E-state index is -0.239. The molecular weight excluding hydrogens is 280 g/mol. The lowest BCUT2D eigenvalue weighted by Gasteiger charge is -2.26. The van der Waals surface area contributed by atoms with E-state index in [1.165, 1.54) is 5.56 Å². The third-order valence-electron chi connectivity index (χ3n) is 2.95. The normalized spacial score (nSPS) is 11.5. The average molecular weight is 299 g/mol. The zero-order valence-electron chi connectivity index (χ0n) is 10.3. The second-order valence-corrected chi connectivity index (χ2v) is 5.80. The van der Waals surface area contributed by atoms with E-state index in [9.17, 15) is 4.79 Å². The second kappa shape index (κ2) is 5.54. The summed E-state index contributed by atoms with van der Waals surface area (Å²) in [5.74, 6) is -0.239. The number of carbonyl (C=O) groups excluding carboxylic acids is 1. The molecule has 4 N–H and O–H groups in total. The van der Waals surface area contributed by atoms with E-state index in [4.69, 9.17) is 11.5 Å². The number of carbonyl (C=O) groups is 1. The van der Waals surface area contributed by atoms with Gasteiger partial charge in [0.15, 0.2) is 0 Å². The molecule has 3 nitrogen and oxygen atoms in total. The zero-order chi connectivity index (χ0) is 13.1. The zero-order valence-corrected chi connectivity index (χ0v) is 11.9. The van der Waals surface area contributed by atoms with Crippen LogP contribution in [0.15, 0.2) is 22.7 Å². The molecule has 0 heterocycles. The molecule has 0 unspecified atom stereocenters. The first-order valence-corrected chi connectivity index (χ1v) is 6.46. The van der Waals surface area contributed by atoms with E-state index in [2.05, 4.69) is 29.8 Å². The Morgan fingerprint density at radius 3 is 2.59 bits per heavy atom. The summed E-state index contributed by atoms with van der Waals surface area (Å²) < 4.78 is 1.02. The smallest absolute Gasteiger partial charge is 0.217 e. The van der Waals surface area contributed by atoms with Gasteiger partial charge in [0.05, 0.1) is 0 Å². The molecular formula is C13H19BrN2O. The van der Waals surface area contributed by atoms with Crippen molar-refractivity contribution in [3.63, 3.8) is 0 Å². The van der Waals surface area contributed by atoms with E-state index < -0.39 is 0 Å². The molecule has 0 aliphatic carbocycles. The van der Waals surface area contributed by atoms with Crippen LogP contribution in [0.5, 0.6) is 0 Å². The van der Waals surface area contributed by atoms with Gasteiger partial charge in [0.1, 0.15) is 0 Å². The first-order valence-electron chi connectivity index (χ1n) is 5.67. The van der Waals surface area contributed by atoms with Gasteiger partial charge >= 0.3 is 0 Å². The quantitative estimate of drug-likeness (QED) is 0.821. The van der Waals surface area contributed by atoms with Gasteiger partial charge in [-0.15, -0.1) is 0 Å². The molecule has 94 valence electrons. The van der Waals surface area contributed by atoms with Gasteiger partial charge in [0.2, 0.25) is 5.91 Å². The van der Waals surface area contributed by atoms with Crippen LogP contribution < -0.4 is 11.5 Å². The molecule has 1 aromatic rings. The van der Waals surface area contributed by atoms with Crippen LogP contribution >= 0.6 is 15.9 Å². The van der Waals surface area contributed by atoms with Gasteiger partial charge in [-0.05, 0) is 36.0 Å². The number of nitrogens with two attached hydrogens (primary N) is 2. The average Bonchev–Trinajstić information content (AvgIpc) is 2.15. The third-order valence-corrected chi connectivity index (χ3v) is 3.60. The summed E-state index contributed by atoms with van der Waals surface area (Å²) in [4.78, 5) is 10.7. The molecule has 0 saturated carbocycles. The van der Waals surface area contributed by atoms with Crippen molar-refractivity contribution >= 4 is 27.5 Å². The molecule has 1 amide bonds. The van der Waals surface area contributed by atoms with Gasteiger partial charge in [-0.1, -0.05) is 35.8 Å². The van der Waals surface area contributed by atoms with Gasteiger partial charge in [-0.25, -0.2) is 0 Å². The van der Waals surface area contributed by atoms with Crippen molar-refractivity contribution in [2.75, 3.05) is 5.73 Å². The number of rotatable bonds is 5. The van der Waals surface area contributed by atoms with Crippen LogP contribution in [0.25, 0.3) is 0 Å². The van der Waals surface area contributed by atoms with Crippen LogP contribution in [-0.4, -0.2) is 5.91 Å². The van der Waals surface area contributed by atoms with Crippen molar-refractivity contribution in [2.45, 2.75) is 38.5 Å². The van der Waals surface area contributed by atoms with Crippen molar-refractivity contribution in [2.24, 2.45) is 5.73 Å².